The third kappa shape index (κ3) is 8.48. The molecule has 1 rings (SSSR count). The zero-order valence-corrected chi connectivity index (χ0v) is 9.67. The minimum absolute atomic E-state index is 0.344. The van der Waals surface area contributed by atoms with E-state index in [9.17, 15) is 0 Å². The maximum Gasteiger partial charge on any atom is 0.0594 e. The molecular formula is C11H25NO2. The Morgan fingerprint density at radius 3 is 2.14 bits per heavy atom. The van der Waals surface area contributed by atoms with Gasteiger partial charge in [0, 0.05) is 19.7 Å². The predicted molar refractivity (Wildman–Crippen MR) is 59.5 cm³/mol. The Hall–Kier alpha value is -0.120. The molecule has 3 heteroatoms. The third-order valence-electron chi connectivity index (χ3n) is 2.16. The smallest absolute Gasteiger partial charge is 0.0594 e. The van der Waals surface area contributed by atoms with Crippen LogP contribution >= 0.6 is 0 Å². The topological polar surface area (TPSA) is 32.7 Å². The van der Waals surface area contributed by atoms with Gasteiger partial charge in [0.05, 0.1) is 13.2 Å². The molecule has 1 aliphatic heterocycles. The molecule has 86 valence electrons. The zero-order valence-electron chi connectivity index (χ0n) is 9.67. The lowest BCUT2D eigenvalue weighted by molar-refractivity contribution is 0.0380. The molecule has 0 saturated carbocycles. The molecule has 0 radical (unpaired) electrons. The van der Waals surface area contributed by atoms with Gasteiger partial charge in [-0.05, 0) is 19.4 Å². The van der Waals surface area contributed by atoms with Crippen molar-refractivity contribution < 1.29 is 9.84 Å². The Morgan fingerprint density at radius 1 is 1.14 bits per heavy atom. The summed E-state index contributed by atoms with van der Waals surface area (Å²) in [6.45, 7) is 9.98. The molecule has 0 aliphatic carbocycles. The highest BCUT2D eigenvalue weighted by Crippen LogP contribution is 1.96. The van der Waals surface area contributed by atoms with Crippen molar-refractivity contribution in [2.75, 3.05) is 39.5 Å². The van der Waals surface area contributed by atoms with Gasteiger partial charge in [-0.25, -0.2) is 0 Å². The summed E-state index contributed by atoms with van der Waals surface area (Å²) in [7, 11) is 0. The normalized spacial score (nSPS) is 17.4. The first-order valence-corrected chi connectivity index (χ1v) is 5.76. The van der Waals surface area contributed by atoms with Crippen molar-refractivity contribution in [3.63, 3.8) is 0 Å². The van der Waals surface area contributed by atoms with E-state index in [-0.39, 0.29) is 0 Å². The minimum atomic E-state index is 0.344. The molecular weight excluding hydrogens is 178 g/mol. The second-order valence-corrected chi connectivity index (χ2v) is 3.53. The number of nitrogens with zero attached hydrogens (tertiary/aromatic N) is 1. The van der Waals surface area contributed by atoms with E-state index in [1.54, 1.807) is 0 Å². The first-order valence-electron chi connectivity index (χ1n) is 5.76. The highest BCUT2D eigenvalue weighted by Gasteiger charge is 2.07. The van der Waals surface area contributed by atoms with Crippen LogP contribution in [0.4, 0.5) is 0 Å². The molecule has 0 aromatic carbocycles. The number of ether oxygens (including phenoxy) is 1. The van der Waals surface area contributed by atoms with Crippen LogP contribution in [0.1, 0.15) is 33.1 Å². The molecule has 1 aliphatic rings. The molecule has 0 unspecified atom stereocenters. The average Bonchev–Trinajstić information content (AvgIpc) is 2.22. The van der Waals surface area contributed by atoms with Crippen molar-refractivity contribution in [1.29, 1.82) is 0 Å². The molecule has 1 fully saturated rings. The fourth-order valence-electron chi connectivity index (χ4n) is 1.30. The van der Waals surface area contributed by atoms with Gasteiger partial charge in [0.2, 0.25) is 0 Å². The number of aliphatic hydroxyl groups is 1. The highest BCUT2D eigenvalue weighted by atomic mass is 16.5. The van der Waals surface area contributed by atoms with E-state index in [2.05, 4.69) is 18.7 Å². The lowest BCUT2D eigenvalue weighted by Gasteiger charge is -2.25. The fourth-order valence-corrected chi connectivity index (χ4v) is 1.30. The number of morpholine rings is 1. The third-order valence-corrected chi connectivity index (χ3v) is 2.16. The van der Waals surface area contributed by atoms with E-state index in [0.29, 0.717) is 6.61 Å². The molecule has 3 nitrogen and oxygen atoms in total. The summed E-state index contributed by atoms with van der Waals surface area (Å²) in [4.78, 5) is 2.45. The summed E-state index contributed by atoms with van der Waals surface area (Å²) in [6.07, 6.45) is 3.30. The largest absolute Gasteiger partial charge is 0.396 e. The first kappa shape index (κ1) is 13.9. The molecule has 1 N–H and O–H groups in total. The van der Waals surface area contributed by atoms with Crippen LogP contribution in [0, 0.1) is 0 Å². The number of hydrogen-bond donors (Lipinski definition) is 1. The molecule has 0 aromatic heterocycles. The molecule has 1 heterocycles. The van der Waals surface area contributed by atoms with Crippen LogP contribution < -0.4 is 0 Å². The summed E-state index contributed by atoms with van der Waals surface area (Å²) in [6, 6.07) is 0. The Balaban J connectivity index is 0.000000292. The molecule has 0 aromatic rings. The van der Waals surface area contributed by atoms with Crippen LogP contribution in [-0.4, -0.2) is 49.5 Å². The van der Waals surface area contributed by atoms with Gasteiger partial charge in [-0.2, -0.15) is 0 Å². The molecule has 1 saturated heterocycles. The number of aliphatic hydroxyl groups excluding tert-OH is 1. The fraction of sp³-hybridized carbons (Fsp3) is 1.00. The Labute approximate surface area is 88.1 Å². The van der Waals surface area contributed by atoms with Crippen molar-refractivity contribution in [3.05, 3.63) is 0 Å². The van der Waals surface area contributed by atoms with Gasteiger partial charge >= 0.3 is 0 Å². The van der Waals surface area contributed by atoms with Crippen molar-refractivity contribution >= 4 is 0 Å². The van der Waals surface area contributed by atoms with E-state index >= 15 is 0 Å². The van der Waals surface area contributed by atoms with Crippen molar-refractivity contribution in [3.8, 4) is 0 Å². The molecule has 0 atom stereocenters. The van der Waals surface area contributed by atoms with Crippen LogP contribution in [0.15, 0.2) is 0 Å². The summed E-state index contributed by atoms with van der Waals surface area (Å²) in [5.74, 6) is 0. The van der Waals surface area contributed by atoms with Crippen molar-refractivity contribution in [2.24, 2.45) is 0 Å². The quantitative estimate of drug-likeness (QED) is 0.751. The number of hydrogen-bond acceptors (Lipinski definition) is 3. The minimum Gasteiger partial charge on any atom is -0.396 e. The van der Waals surface area contributed by atoms with Crippen LogP contribution in [0.5, 0.6) is 0 Å². The van der Waals surface area contributed by atoms with Crippen LogP contribution in [0.2, 0.25) is 0 Å². The lowest BCUT2D eigenvalue weighted by atomic mass is 10.4. The van der Waals surface area contributed by atoms with Gasteiger partial charge in [0.25, 0.3) is 0 Å². The Kier molecular flexibility index (Phi) is 10.9. The first-order chi connectivity index (χ1) is 6.85. The van der Waals surface area contributed by atoms with Gasteiger partial charge < -0.3 is 9.84 Å². The van der Waals surface area contributed by atoms with Gasteiger partial charge in [-0.1, -0.05) is 20.3 Å². The van der Waals surface area contributed by atoms with E-state index in [0.717, 1.165) is 39.1 Å². The Bertz CT molecular complexity index is 98.7. The van der Waals surface area contributed by atoms with Crippen molar-refractivity contribution in [2.45, 2.75) is 33.1 Å². The second-order valence-electron chi connectivity index (χ2n) is 3.53. The summed E-state index contributed by atoms with van der Waals surface area (Å²) in [5, 5.41) is 8.07. The van der Waals surface area contributed by atoms with E-state index in [1.807, 2.05) is 0 Å². The molecule has 14 heavy (non-hydrogen) atoms. The van der Waals surface area contributed by atoms with Gasteiger partial charge in [0.1, 0.15) is 0 Å². The van der Waals surface area contributed by atoms with E-state index in [1.165, 1.54) is 13.0 Å². The zero-order chi connectivity index (χ0) is 10.6. The number of unbranched alkanes of at least 4 members (excludes halogenated alkanes) is 1. The molecule has 0 spiro atoms. The summed E-state index contributed by atoms with van der Waals surface area (Å²) in [5.41, 5.74) is 0. The monoisotopic (exact) mass is 203 g/mol. The SMILES string of the molecule is CCCCO.CCCN1CCOCC1. The predicted octanol–water partition coefficient (Wildman–Crippen LogP) is 1.51. The van der Waals surface area contributed by atoms with E-state index < -0.39 is 0 Å². The maximum atomic E-state index is 8.07. The molecule has 0 amide bonds. The summed E-state index contributed by atoms with van der Waals surface area (Å²) >= 11 is 0. The van der Waals surface area contributed by atoms with Crippen molar-refractivity contribution in [1.82, 2.24) is 4.90 Å². The van der Waals surface area contributed by atoms with Crippen LogP contribution in [-0.2, 0) is 4.74 Å². The average molecular weight is 203 g/mol. The van der Waals surface area contributed by atoms with Gasteiger partial charge in [0.15, 0.2) is 0 Å². The van der Waals surface area contributed by atoms with Crippen LogP contribution in [0.3, 0.4) is 0 Å². The summed E-state index contributed by atoms with van der Waals surface area (Å²) < 4.78 is 5.20. The van der Waals surface area contributed by atoms with Gasteiger partial charge in [-0.15, -0.1) is 0 Å². The maximum absolute atomic E-state index is 8.07. The lowest BCUT2D eigenvalue weighted by Crippen LogP contribution is -2.36. The standard InChI is InChI=1S/C7H15NO.C4H10O/c1-2-3-8-4-6-9-7-5-8;1-2-3-4-5/h2-7H2,1H3;5H,2-4H2,1H3. The molecule has 0 bridgehead atoms. The van der Waals surface area contributed by atoms with E-state index in [4.69, 9.17) is 9.84 Å². The highest BCUT2D eigenvalue weighted by molar-refractivity contribution is 4.59. The van der Waals surface area contributed by atoms with Crippen LogP contribution in [0.25, 0.3) is 0 Å². The number of rotatable bonds is 4. The van der Waals surface area contributed by atoms with Gasteiger partial charge in [-0.3, -0.25) is 4.90 Å². The Morgan fingerprint density at radius 2 is 1.79 bits per heavy atom. The second kappa shape index (κ2) is 11.0.